The van der Waals surface area contributed by atoms with E-state index in [-0.39, 0.29) is 22.3 Å². The molecule has 1 aliphatic rings. The monoisotopic (exact) mass is 402 g/mol. The first-order chi connectivity index (χ1) is 13.1. The minimum absolute atomic E-state index is 0.00449. The summed E-state index contributed by atoms with van der Waals surface area (Å²) in [5.74, 6) is 0.0634. The molecular formula is C21H26N2O4S. The number of anilines is 1. The second kappa shape index (κ2) is 7.56. The predicted octanol–water partition coefficient (Wildman–Crippen LogP) is 3.69. The van der Waals surface area contributed by atoms with Gasteiger partial charge in [-0.2, -0.15) is 0 Å². The molecule has 1 aliphatic carbocycles. The number of benzene rings is 2. The van der Waals surface area contributed by atoms with Crippen molar-refractivity contribution in [3.05, 3.63) is 53.6 Å². The molecule has 6 nitrogen and oxygen atoms in total. The fourth-order valence-electron chi connectivity index (χ4n) is 2.76. The molecule has 28 heavy (non-hydrogen) atoms. The molecule has 0 aliphatic heterocycles. The Morgan fingerprint density at radius 3 is 2.25 bits per heavy atom. The number of methoxy groups -OCH3 is 1. The molecule has 0 heterocycles. The van der Waals surface area contributed by atoms with Crippen LogP contribution in [-0.4, -0.2) is 27.5 Å². The summed E-state index contributed by atoms with van der Waals surface area (Å²) in [5, 5.41) is 2.76. The van der Waals surface area contributed by atoms with E-state index in [0.29, 0.717) is 17.0 Å². The van der Waals surface area contributed by atoms with Gasteiger partial charge in [0.15, 0.2) is 0 Å². The molecule has 1 saturated carbocycles. The van der Waals surface area contributed by atoms with Crippen LogP contribution in [-0.2, 0) is 15.4 Å². The lowest BCUT2D eigenvalue weighted by atomic mass is 9.87. The van der Waals surface area contributed by atoms with E-state index in [0.717, 1.165) is 18.4 Å². The highest BCUT2D eigenvalue weighted by molar-refractivity contribution is 7.89. The van der Waals surface area contributed by atoms with Crippen molar-refractivity contribution in [1.29, 1.82) is 0 Å². The van der Waals surface area contributed by atoms with Crippen molar-refractivity contribution in [2.75, 3.05) is 12.4 Å². The quantitative estimate of drug-likeness (QED) is 0.772. The third kappa shape index (κ3) is 4.72. The molecule has 0 radical (unpaired) electrons. The van der Waals surface area contributed by atoms with Crippen molar-refractivity contribution in [2.24, 2.45) is 0 Å². The van der Waals surface area contributed by atoms with Gasteiger partial charge in [0, 0.05) is 11.6 Å². The topological polar surface area (TPSA) is 84.5 Å². The summed E-state index contributed by atoms with van der Waals surface area (Å²) in [5.41, 5.74) is 1.92. The molecule has 0 spiro atoms. The van der Waals surface area contributed by atoms with Gasteiger partial charge in [0.05, 0.1) is 17.7 Å². The molecule has 3 rings (SSSR count). The first-order valence-electron chi connectivity index (χ1n) is 9.22. The summed E-state index contributed by atoms with van der Waals surface area (Å²) in [4.78, 5) is 12.8. The fourth-order valence-corrected chi connectivity index (χ4v) is 4.09. The van der Waals surface area contributed by atoms with Gasteiger partial charge in [0.1, 0.15) is 5.75 Å². The molecule has 7 heteroatoms. The van der Waals surface area contributed by atoms with Crippen molar-refractivity contribution < 1.29 is 17.9 Å². The highest BCUT2D eigenvalue weighted by atomic mass is 32.2. The summed E-state index contributed by atoms with van der Waals surface area (Å²) in [6.45, 7) is 6.32. The van der Waals surface area contributed by atoms with E-state index in [1.54, 1.807) is 18.2 Å². The molecule has 1 amide bonds. The van der Waals surface area contributed by atoms with Crippen LogP contribution in [0.3, 0.4) is 0 Å². The second-order valence-electron chi connectivity index (χ2n) is 8.04. The van der Waals surface area contributed by atoms with Gasteiger partial charge >= 0.3 is 0 Å². The number of hydrogen-bond donors (Lipinski definition) is 2. The second-order valence-corrected chi connectivity index (χ2v) is 9.75. The molecule has 2 aromatic rings. The van der Waals surface area contributed by atoms with Gasteiger partial charge in [0.2, 0.25) is 10.0 Å². The standard InChI is InChI=1S/C21H26N2O4S/c1-21(2,3)15-7-5-14(6-8-15)20(24)22-18-13-17(11-12-19(18)27-4)28(25,26)23-16-9-10-16/h5-8,11-13,16,23H,9-10H2,1-4H3,(H,22,24). The van der Waals surface area contributed by atoms with E-state index in [9.17, 15) is 13.2 Å². The van der Waals surface area contributed by atoms with Crippen LogP contribution in [0.4, 0.5) is 5.69 Å². The number of rotatable bonds is 6. The van der Waals surface area contributed by atoms with Crippen molar-refractivity contribution in [1.82, 2.24) is 4.72 Å². The maximum atomic E-state index is 12.7. The van der Waals surface area contributed by atoms with Crippen LogP contribution in [0.2, 0.25) is 0 Å². The van der Waals surface area contributed by atoms with Gasteiger partial charge in [-0.3, -0.25) is 4.79 Å². The number of carbonyl (C=O) groups excluding carboxylic acids is 1. The number of sulfonamides is 1. The molecule has 0 unspecified atom stereocenters. The molecule has 0 saturated heterocycles. The number of nitrogens with one attached hydrogen (secondary N) is 2. The van der Waals surface area contributed by atoms with Crippen molar-refractivity contribution in [3.8, 4) is 5.75 Å². The minimum Gasteiger partial charge on any atom is -0.495 e. The lowest BCUT2D eigenvalue weighted by Gasteiger charge is -2.19. The summed E-state index contributed by atoms with van der Waals surface area (Å²) >= 11 is 0. The average molecular weight is 403 g/mol. The van der Waals surface area contributed by atoms with Crippen molar-refractivity contribution in [3.63, 3.8) is 0 Å². The average Bonchev–Trinajstić information content (AvgIpc) is 3.44. The van der Waals surface area contributed by atoms with Crippen LogP contribution in [0.5, 0.6) is 5.75 Å². The smallest absolute Gasteiger partial charge is 0.255 e. The highest BCUT2D eigenvalue weighted by Gasteiger charge is 2.28. The molecule has 0 atom stereocenters. The van der Waals surface area contributed by atoms with Gasteiger partial charge in [-0.05, 0) is 54.2 Å². The summed E-state index contributed by atoms with van der Waals surface area (Å²) < 4.78 is 32.8. The number of amides is 1. The van der Waals surface area contributed by atoms with E-state index in [1.165, 1.54) is 19.2 Å². The van der Waals surface area contributed by atoms with Crippen LogP contribution in [0.1, 0.15) is 49.5 Å². The zero-order chi connectivity index (χ0) is 20.5. The number of ether oxygens (including phenoxy) is 1. The van der Waals surface area contributed by atoms with Crippen LogP contribution >= 0.6 is 0 Å². The van der Waals surface area contributed by atoms with E-state index in [1.807, 2.05) is 12.1 Å². The Morgan fingerprint density at radius 2 is 1.71 bits per heavy atom. The zero-order valence-corrected chi connectivity index (χ0v) is 17.4. The van der Waals surface area contributed by atoms with E-state index in [2.05, 4.69) is 30.8 Å². The first kappa shape index (κ1) is 20.4. The zero-order valence-electron chi connectivity index (χ0n) is 16.6. The summed E-state index contributed by atoms with van der Waals surface area (Å²) in [6, 6.07) is 11.8. The minimum atomic E-state index is -3.62. The van der Waals surface area contributed by atoms with E-state index < -0.39 is 10.0 Å². The summed E-state index contributed by atoms with van der Waals surface area (Å²) in [7, 11) is -2.15. The Labute approximate surface area is 166 Å². The Bertz CT molecular complexity index is 972. The van der Waals surface area contributed by atoms with Gasteiger partial charge in [-0.25, -0.2) is 13.1 Å². The van der Waals surface area contributed by atoms with E-state index in [4.69, 9.17) is 4.74 Å². The first-order valence-corrected chi connectivity index (χ1v) is 10.7. The van der Waals surface area contributed by atoms with Crippen LogP contribution in [0.25, 0.3) is 0 Å². The lowest BCUT2D eigenvalue weighted by Crippen LogP contribution is -2.26. The lowest BCUT2D eigenvalue weighted by molar-refractivity contribution is 0.102. The molecule has 1 fully saturated rings. The van der Waals surface area contributed by atoms with Gasteiger partial charge in [0.25, 0.3) is 5.91 Å². The third-order valence-corrected chi connectivity index (χ3v) is 6.16. The van der Waals surface area contributed by atoms with Gasteiger partial charge < -0.3 is 10.1 Å². The fraction of sp³-hybridized carbons (Fsp3) is 0.381. The Morgan fingerprint density at radius 1 is 1.07 bits per heavy atom. The van der Waals surface area contributed by atoms with Gasteiger partial charge in [-0.15, -0.1) is 0 Å². The SMILES string of the molecule is COc1ccc(S(=O)(=O)NC2CC2)cc1NC(=O)c1ccc(C(C)(C)C)cc1. The summed E-state index contributed by atoms with van der Waals surface area (Å²) in [6.07, 6.45) is 1.70. The highest BCUT2D eigenvalue weighted by Crippen LogP contribution is 2.30. The number of carbonyl (C=O) groups is 1. The molecule has 2 aromatic carbocycles. The van der Waals surface area contributed by atoms with E-state index >= 15 is 0 Å². The molecule has 0 aromatic heterocycles. The van der Waals surface area contributed by atoms with Crippen LogP contribution in [0.15, 0.2) is 47.4 Å². The predicted molar refractivity (Wildman–Crippen MR) is 109 cm³/mol. The molecule has 150 valence electrons. The molecule has 2 N–H and O–H groups in total. The van der Waals surface area contributed by atoms with Crippen molar-refractivity contribution >= 4 is 21.6 Å². The molecule has 0 bridgehead atoms. The number of hydrogen-bond acceptors (Lipinski definition) is 4. The Hall–Kier alpha value is -2.38. The third-order valence-electron chi connectivity index (χ3n) is 4.64. The maximum Gasteiger partial charge on any atom is 0.255 e. The van der Waals surface area contributed by atoms with Crippen molar-refractivity contribution in [2.45, 2.75) is 50.0 Å². The molecular weight excluding hydrogens is 376 g/mol. The van der Waals surface area contributed by atoms with Gasteiger partial charge in [-0.1, -0.05) is 32.9 Å². The van der Waals surface area contributed by atoms with Crippen LogP contribution < -0.4 is 14.8 Å². The van der Waals surface area contributed by atoms with Crippen LogP contribution in [0, 0.1) is 0 Å². The normalized spacial score (nSPS) is 14.6. The largest absolute Gasteiger partial charge is 0.495 e. The Kier molecular flexibility index (Phi) is 5.50. The Balaban J connectivity index is 1.84. The maximum absolute atomic E-state index is 12.7.